The molecule has 4 nitrogen and oxygen atoms in total. The Kier molecular flexibility index (Phi) is 3.99. The normalized spacial score (nSPS) is 9.69. The highest BCUT2D eigenvalue weighted by molar-refractivity contribution is 5.87. The molecule has 0 spiro atoms. The highest BCUT2D eigenvalue weighted by Gasteiger charge is 2.09. The van der Waals surface area contributed by atoms with E-state index in [-0.39, 0.29) is 23.0 Å². The summed E-state index contributed by atoms with van der Waals surface area (Å²) in [5, 5.41) is 2.38. The molecule has 0 aliphatic heterocycles. The lowest BCUT2D eigenvalue weighted by Crippen LogP contribution is -2.09. The minimum absolute atomic E-state index is 0.165. The Balaban J connectivity index is 2.91. The molecular formula is C11H13FN2O2. The van der Waals surface area contributed by atoms with E-state index in [1.807, 2.05) is 0 Å². The van der Waals surface area contributed by atoms with Crippen LogP contribution < -0.4 is 5.32 Å². The fraction of sp³-hybridized carbons (Fsp3) is 0.273. The molecule has 16 heavy (non-hydrogen) atoms. The first-order valence-electron chi connectivity index (χ1n) is 4.80. The lowest BCUT2D eigenvalue weighted by Gasteiger charge is -2.08. The van der Waals surface area contributed by atoms with Crippen LogP contribution in [0.3, 0.4) is 0 Å². The second-order valence-electron chi connectivity index (χ2n) is 3.07. The van der Waals surface area contributed by atoms with Gasteiger partial charge in [-0.05, 0) is 19.1 Å². The van der Waals surface area contributed by atoms with Crippen LogP contribution in [0.15, 0.2) is 18.7 Å². The van der Waals surface area contributed by atoms with E-state index in [9.17, 15) is 9.18 Å². The first-order chi connectivity index (χ1) is 7.54. The van der Waals surface area contributed by atoms with Crippen LogP contribution in [-0.2, 0) is 9.53 Å². The predicted octanol–water partition coefficient (Wildman–Crippen LogP) is 2.19. The zero-order valence-corrected chi connectivity index (χ0v) is 9.21. The summed E-state index contributed by atoms with van der Waals surface area (Å²) in [6.45, 7) is 7.09. The van der Waals surface area contributed by atoms with Crippen LogP contribution in [0.25, 0.3) is 5.76 Å². The van der Waals surface area contributed by atoms with Gasteiger partial charge in [0, 0.05) is 6.92 Å². The number of nitrogens with one attached hydrogen (secondary N) is 1. The predicted molar refractivity (Wildman–Crippen MR) is 59.2 cm³/mol. The molecule has 1 N–H and O–H groups in total. The zero-order valence-electron chi connectivity index (χ0n) is 9.21. The van der Waals surface area contributed by atoms with Crippen LogP contribution in [-0.4, -0.2) is 17.5 Å². The summed E-state index contributed by atoms with van der Waals surface area (Å²) < 4.78 is 18.5. The Morgan fingerprint density at radius 2 is 2.31 bits per heavy atom. The third-order valence-corrected chi connectivity index (χ3v) is 1.77. The second-order valence-corrected chi connectivity index (χ2v) is 3.07. The van der Waals surface area contributed by atoms with Crippen molar-refractivity contribution >= 4 is 17.5 Å². The average molecular weight is 224 g/mol. The molecule has 0 aliphatic rings. The molecule has 0 atom stereocenters. The number of anilines is 1. The van der Waals surface area contributed by atoms with E-state index >= 15 is 0 Å². The van der Waals surface area contributed by atoms with Gasteiger partial charge in [0.2, 0.25) is 11.9 Å². The van der Waals surface area contributed by atoms with Gasteiger partial charge in [0.05, 0.1) is 12.2 Å². The smallest absolute Gasteiger partial charge is 0.225 e. The van der Waals surface area contributed by atoms with Gasteiger partial charge in [-0.15, -0.1) is 0 Å². The van der Waals surface area contributed by atoms with Crippen LogP contribution in [0.4, 0.5) is 10.2 Å². The van der Waals surface area contributed by atoms with Crippen LogP contribution in [0, 0.1) is 5.95 Å². The summed E-state index contributed by atoms with van der Waals surface area (Å²) in [6, 6.07) is 2.95. The van der Waals surface area contributed by atoms with E-state index in [1.165, 1.54) is 19.1 Å². The highest BCUT2D eigenvalue weighted by Crippen LogP contribution is 2.18. The third kappa shape index (κ3) is 3.05. The molecule has 0 saturated carbocycles. The number of carbonyl (C=O) groups excluding carboxylic acids is 1. The maximum Gasteiger partial charge on any atom is 0.225 e. The average Bonchev–Trinajstić information content (AvgIpc) is 2.16. The molecule has 5 heteroatoms. The van der Waals surface area contributed by atoms with Gasteiger partial charge in [0.1, 0.15) is 11.6 Å². The van der Waals surface area contributed by atoms with E-state index in [4.69, 9.17) is 4.74 Å². The molecule has 1 rings (SSSR count). The Hall–Kier alpha value is -1.91. The molecule has 0 radical (unpaired) electrons. The number of hydrogen-bond donors (Lipinski definition) is 1. The maximum atomic E-state index is 13.5. The summed E-state index contributed by atoms with van der Waals surface area (Å²) in [5.74, 6) is -0.632. The van der Waals surface area contributed by atoms with Crippen molar-refractivity contribution in [2.45, 2.75) is 13.8 Å². The summed E-state index contributed by atoms with van der Waals surface area (Å²) in [5.41, 5.74) is 0.191. The topological polar surface area (TPSA) is 51.2 Å². The van der Waals surface area contributed by atoms with Crippen molar-refractivity contribution in [2.75, 3.05) is 11.9 Å². The van der Waals surface area contributed by atoms with Crippen LogP contribution in [0.1, 0.15) is 19.4 Å². The van der Waals surface area contributed by atoms with Crippen molar-refractivity contribution in [3.05, 3.63) is 30.2 Å². The molecule has 1 aromatic rings. The number of amides is 1. The van der Waals surface area contributed by atoms with E-state index in [1.54, 1.807) is 6.92 Å². The summed E-state index contributed by atoms with van der Waals surface area (Å²) >= 11 is 0. The number of pyridine rings is 1. The van der Waals surface area contributed by atoms with Crippen molar-refractivity contribution in [2.24, 2.45) is 0 Å². The standard InChI is InChI=1S/C11H13FN2O2/c1-4-16-7(2)9-5-6-10(13-8(3)15)14-11(9)12/h5-6H,2,4H2,1,3H3,(H,13,14,15). The summed E-state index contributed by atoms with van der Waals surface area (Å²) in [6.07, 6.45) is 0. The molecule has 1 heterocycles. The molecule has 0 aliphatic carbocycles. The Bertz CT molecular complexity index is 418. The van der Waals surface area contributed by atoms with Crippen molar-refractivity contribution < 1.29 is 13.9 Å². The second kappa shape index (κ2) is 5.25. The molecule has 0 aromatic carbocycles. The van der Waals surface area contributed by atoms with Gasteiger partial charge in [0.25, 0.3) is 0 Å². The van der Waals surface area contributed by atoms with Crippen molar-refractivity contribution in [1.82, 2.24) is 4.98 Å². The molecular weight excluding hydrogens is 211 g/mol. The number of nitrogens with zero attached hydrogens (tertiary/aromatic N) is 1. The SMILES string of the molecule is C=C(OCC)c1ccc(NC(C)=O)nc1F. The van der Waals surface area contributed by atoms with E-state index < -0.39 is 5.95 Å². The number of halogens is 1. The van der Waals surface area contributed by atoms with E-state index in [0.29, 0.717) is 6.61 Å². The number of carbonyl (C=O) groups is 1. The minimum Gasteiger partial charge on any atom is -0.494 e. The highest BCUT2D eigenvalue weighted by atomic mass is 19.1. The number of rotatable bonds is 4. The van der Waals surface area contributed by atoms with E-state index in [0.717, 1.165) is 0 Å². The minimum atomic E-state index is -0.718. The number of ether oxygens (including phenoxy) is 1. The molecule has 0 fully saturated rings. The van der Waals surface area contributed by atoms with Gasteiger partial charge >= 0.3 is 0 Å². The quantitative estimate of drug-likeness (QED) is 0.630. The molecule has 1 amide bonds. The van der Waals surface area contributed by atoms with E-state index in [2.05, 4.69) is 16.9 Å². The summed E-state index contributed by atoms with van der Waals surface area (Å²) in [4.78, 5) is 14.3. The van der Waals surface area contributed by atoms with Crippen molar-refractivity contribution in [3.63, 3.8) is 0 Å². The Morgan fingerprint density at radius 1 is 1.62 bits per heavy atom. The van der Waals surface area contributed by atoms with Crippen LogP contribution >= 0.6 is 0 Å². The molecule has 0 bridgehead atoms. The number of aromatic nitrogens is 1. The monoisotopic (exact) mass is 224 g/mol. The first-order valence-corrected chi connectivity index (χ1v) is 4.80. The van der Waals surface area contributed by atoms with Gasteiger partial charge in [-0.25, -0.2) is 4.98 Å². The number of hydrogen-bond acceptors (Lipinski definition) is 3. The molecule has 0 saturated heterocycles. The fourth-order valence-corrected chi connectivity index (χ4v) is 1.14. The van der Waals surface area contributed by atoms with Gasteiger partial charge in [-0.2, -0.15) is 4.39 Å². The van der Waals surface area contributed by atoms with Gasteiger partial charge in [0.15, 0.2) is 0 Å². The van der Waals surface area contributed by atoms with Crippen LogP contribution in [0.2, 0.25) is 0 Å². The fourth-order valence-electron chi connectivity index (χ4n) is 1.14. The lowest BCUT2D eigenvalue weighted by atomic mass is 10.2. The molecule has 0 unspecified atom stereocenters. The lowest BCUT2D eigenvalue weighted by molar-refractivity contribution is -0.114. The van der Waals surface area contributed by atoms with Gasteiger partial charge in [-0.1, -0.05) is 6.58 Å². The van der Waals surface area contributed by atoms with Crippen molar-refractivity contribution in [1.29, 1.82) is 0 Å². The Labute approximate surface area is 93.1 Å². The molecule has 1 aromatic heterocycles. The van der Waals surface area contributed by atoms with Gasteiger partial charge in [-0.3, -0.25) is 4.79 Å². The van der Waals surface area contributed by atoms with Crippen molar-refractivity contribution in [3.8, 4) is 0 Å². The Morgan fingerprint density at radius 3 is 2.81 bits per heavy atom. The van der Waals surface area contributed by atoms with Gasteiger partial charge < -0.3 is 10.1 Å². The molecule has 86 valence electrons. The largest absolute Gasteiger partial charge is 0.494 e. The first kappa shape index (κ1) is 12.2. The third-order valence-electron chi connectivity index (χ3n) is 1.77. The zero-order chi connectivity index (χ0) is 12.1. The van der Waals surface area contributed by atoms with Crippen LogP contribution in [0.5, 0.6) is 0 Å². The maximum absolute atomic E-state index is 13.5. The summed E-state index contributed by atoms with van der Waals surface area (Å²) in [7, 11) is 0.